The van der Waals surface area contributed by atoms with E-state index in [1.165, 1.54) is 15.9 Å². The van der Waals surface area contributed by atoms with E-state index in [1.807, 2.05) is 51.1 Å². The minimum absolute atomic E-state index is 0.0365. The molecule has 3 aromatic rings. The van der Waals surface area contributed by atoms with Gasteiger partial charge >= 0.3 is 12.2 Å². The van der Waals surface area contributed by atoms with Crippen LogP contribution in [0.5, 0.6) is 11.5 Å². The van der Waals surface area contributed by atoms with Gasteiger partial charge in [-0.05, 0) is 48.4 Å². The number of aryl methyl sites for hydroxylation is 1. The molecule has 0 aliphatic heterocycles. The van der Waals surface area contributed by atoms with Crippen LogP contribution in [0, 0.1) is 12.8 Å². The molecular weight excluding hydrogens is 554 g/mol. The molecule has 10 nitrogen and oxygen atoms in total. The SMILES string of the molecule is C=CC=Cc1c(C)cccc1-n1c(SC(=O)CC(C)CC)nnc1-c1ccc(OC(=O)N(C)C)cc1OC(=O)N(C)C. The van der Waals surface area contributed by atoms with Crippen LogP contribution in [-0.4, -0.2) is 70.1 Å². The van der Waals surface area contributed by atoms with Crippen molar-refractivity contribution in [3.63, 3.8) is 0 Å². The van der Waals surface area contributed by atoms with Crippen molar-refractivity contribution in [2.75, 3.05) is 28.2 Å². The Morgan fingerprint density at radius 1 is 1.05 bits per heavy atom. The van der Waals surface area contributed by atoms with Crippen molar-refractivity contribution in [1.29, 1.82) is 0 Å². The van der Waals surface area contributed by atoms with Gasteiger partial charge in [-0.1, -0.05) is 57.2 Å². The van der Waals surface area contributed by atoms with Gasteiger partial charge in [0, 0.05) is 46.2 Å². The Kier molecular flexibility index (Phi) is 11.1. The van der Waals surface area contributed by atoms with E-state index in [-0.39, 0.29) is 22.5 Å². The second-order valence-corrected chi connectivity index (χ2v) is 11.1. The van der Waals surface area contributed by atoms with Crippen LogP contribution < -0.4 is 9.47 Å². The highest BCUT2D eigenvalue weighted by Crippen LogP contribution is 2.38. The van der Waals surface area contributed by atoms with Gasteiger partial charge in [0.15, 0.2) is 10.9 Å². The minimum atomic E-state index is -0.637. The van der Waals surface area contributed by atoms with Crippen molar-refractivity contribution in [2.24, 2.45) is 5.92 Å². The van der Waals surface area contributed by atoms with Crippen molar-refractivity contribution in [3.05, 3.63) is 66.3 Å². The fourth-order valence-corrected chi connectivity index (χ4v) is 4.68. The van der Waals surface area contributed by atoms with Crippen molar-refractivity contribution in [3.8, 4) is 28.6 Å². The van der Waals surface area contributed by atoms with Crippen LogP contribution in [0.2, 0.25) is 0 Å². The molecule has 1 atom stereocenters. The van der Waals surface area contributed by atoms with Crippen molar-refractivity contribution in [2.45, 2.75) is 38.8 Å². The summed E-state index contributed by atoms with van der Waals surface area (Å²) < 4.78 is 12.9. The number of thioether (sulfide) groups is 1. The number of hydrogen-bond acceptors (Lipinski definition) is 8. The summed E-state index contributed by atoms with van der Waals surface area (Å²) in [6.07, 6.45) is 5.47. The summed E-state index contributed by atoms with van der Waals surface area (Å²) in [6.45, 7) is 9.85. The predicted molar refractivity (Wildman–Crippen MR) is 165 cm³/mol. The lowest BCUT2D eigenvalue weighted by Crippen LogP contribution is -2.26. The summed E-state index contributed by atoms with van der Waals surface area (Å²) in [6, 6.07) is 10.5. The smallest absolute Gasteiger partial charge is 0.410 e. The Morgan fingerprint density at radius 3 is 2.38 bits per heavy atom. The van der Waals surface area contributed by atoms with Gasteiger partial charge in [0.2, 0.25) is 5.16 Å². The first-order chi connectivity index (χ1) is 20.0. The highest BCUT2D eigenvalue weighted by atomic mass is 32.2. The van der Waals surface area contributed by atoms with Crippen LogP contribution in [0.15, 0.2) is 60.3 Å². The average molecular weight is 592 g/mol. The van der Waals surface area contributed by atoms with E-state index in [2.05, 4.69) is 16.8 Å². The fourth-order valence-electron chi connectivity index (χ4n) is 3.75. The van der Waals surface area contributed by atoms with Crippen LogP contribution in [-0.2, 0) is 4.79 Å². The summed E-state index contributed by atoms with van der Waals surface area (Å²) in [5, 5.41) is 9.21. The second-order valence-electron chi connectivity index (χ2n) is 10.1. The van der Waals surface area contributed by atoms with Gasteiger partial charge in [-0.3, -0.25) is 9.36 Å². The number of nitrogens with zero attached hydrogens (tertiary/aromatic N) is 5. The maximum atomic E-state index is 13.1. The Hall–Kier alpha value is -4.38. The van der Waals surface area contributed by atoms with E-state index in [0.717, 1.165) is 35.0 Å². The molecule has 1 heterocycles. The first-order valence-corrected chi connectivity index (χ1v) is 14.3. The number of ether oxygens (including phenoxy) is 2. The molecule has 1 aromatic heterocycles. The maximum Gasteiger partial charge on any atom is 0.414 e. The molecule has 2 aromatic carbocycles. The zero-order valence-corrected chi connectivity index (χ0v) is 25.9. The summed E-state index contributed by atoms with van der Waals surface area (Å²) in [7, 11) is 6.24. The Morgan fingerprint density at radius 2 is 1.74 bits per heavy atom. The molecule has 222 valence electrons. The molecule has 0 saturated heterocycles. The van der Waals surface area contributed by atoms with Gasteiger partial charge < -0.3 is 19.3 Å². The number of carbonyl (C=O) groups is 3. The number of allylic oxidation sites excluding steroid dienone is 2. The predicted octanol–water partition coefficient (Wildman–Crippen LogP) is 6.62. The lowest BCUT2D eigenvalue weighted by molar-refractivity contribution is -0.111. The monoisotopic (exact) mass is 591 g/mol. The molecule has 0 fully saturated rings. The third-order valence-corrected chi connectivity index (χ3v) is 7.16. The van der Waals surface area contributed by atoms with Crippen molar-refractivity contribution in [1.82, 2.24) is 24.6 Å². The number of amides is 2. The molecule has 1 unspecified atom stereocenters. The Labute approximate surface area is 251 Å². The molecule has 0 N–H and O–H groups in total. The fraction of sp³-hybridized carbons (Fsp3) is 0.323. The van der Waals surface area contributed by atoms with E-state index in [4.69, 9.17) is 9.47 Å². The van der Waals surface area contributed by atoms with E-state index >= 15 is 0 Å². The first kappa shape index (κ1) is 32.1. The molecule has 2 amide bonds. The molecule has 0 bridgehead atoms. The standard InChI is InChI=1S/C31H37N5O5S/c1-9-11-14-23-21(4)13-12-15-25(23)36-28(32-33-29(36)42-27(37)18-20(3)10-2)24-17-16-22(40-30(38)34(5)6)19-26(24)41-31(39)35(7)8/h9,11-17,19-20H,1,10,18H2,2-8H3. The molecular formula is C31H37N5O5S. The lowest BCUT2D eigenvalue weighted by atomic mass is 10.1. The number of hydrogen-bond donors (Lipinski definition) is 0. The molecule has 0 aliphatic carbocycles. The first-order valence-electron chi connectivity index (χ1n) is 13.4. The summed E-state index contributed by atoms with van der Waals surface area (Å²) in [5.74, 6) is 0.832. The van der Waals surface area contributed by atoms with Crippen LogP contribution in [0.1, 0.15) is 37.8 Å². The third-order valence-electron chi connectivity index (χ3n) is 6.32. The normalized spacial score (nSPS) is 11.7. The van der Waals surface area contributed by atoms with E-state index in [0.29, 0.717) is 23.0 Å². The molecule has 0 saturated carbocycles. The minimum Gasteiger partial charge on any atom is -0.410 e. The molecule has 0 aliphatic rings. The van der Waals surface area contributed by atoms with Crippen LogP contribution in [0.3, 0.4) is 0 Å². The summed E-state index contributed by atoms with van der Waals surface area (Å²) in [5.41, 5.74) is 2.99. The third kappa shape index (κ3) is 7.88. The number of benzene rings is 2. The topological polar surface area (TPSA) is 107 Å². The molecule has 11 heteroatoms. The molecule has 0 radical (unpaired) electrons. The van der Waals surface area contributed by atoms with Gasteiger partial charge in [-0.25, -0.2) is 9.59 Å². The van der Waals surface area contributed by atoms with Crippen LogP contribution in [0.4, 0.5) is 9.59 Å². The zero-order chi connectivity index (χ0) is 31.0. The van der Waals surface area contributed by atoms with Gasteiger partial charge in [0.25, 0.3) is 0 Å². The summed E-state index contributed by atoms with van der Waals surface area (Å²) >= 11 is 1.02. The van der Waals surface area contributed by atoms with E-state index in [9.17, 15) is 14.4 Å². The Balaban J connectivity index is 2.27. The number of rotatable bonds is 10. The van der Waals surface area contributed by atoms with Gasteiger partial charge in [0.1, 0.15) is 11.5 Å². The largest absolute Gasteiger partial charge is 0.414 e. The lowest BCUT2D eigenvalue weighted by Gasteiger charge is -2.18. The average Bonchev–Trinajstić information content (AvgIpc) is 3.34. The van der Waals surface area contributed by atoms with Gasteiger partial charge in [-0.2, -0.15) is 0 Å². The number of aromatic nitrogens is 3. The van der Waals surface area contributed by atoms with Crippen LogP contribution in [0.25, 0.3) is 23.2 Å². The van der Waals surface area contributed by atoms with E-state index < -0.39 is 12.2 Å². The highest BCUT2D eigenvalue weighted by Gasteiger charge is 2.25. The molecule has 42 heavy (non-hydrogen) atoms. The maximum absolute atomic E-state index is 13.1. The van der Waals surface area contributed by atoms with Crippen molar-refractivity contribution >= 4 is 35.1 Å². The van der Waals surface area contributed by atoms with Gasteiger partial charge in [0.05, 0.1) is 11.3 Å². The Bertz CT molecular complexity index is 1490. The van der Waals surface area contributed by atoms with Gasteiger partial charge in [-0.15, -0.1) is 10.2 Å². The number of carbonyl (C=O) groups excluding carboxylic acids is 3. The van der Waals surface area contributed by atoms with Crippen molar-refractivity contribution < 1.29 is 23.9 Å². The molecule has 0 spiro atoms. The molecule has 3 rings (SSSR count). The summed E-state index contributed by atoms with van der Waals surface area (Å²) in [4.78, 5) is 40.5. The van der Waals surface area contributed by atoms with Crippen LogP contribution >= 0.6 is 11.8 Å². The van der Waals surface area contributed by atoms with E-state index in [1.54, 1.807) is 51.0 Å². The zero-order valence-electron chi connectivity index (χ0n) is 25.1. The quantitative estimate of drug-likeness (QED) is 0.191. The second kappa shape index (κ2) is 14.5. The highest BCUT2D eigenvalue weighted by molar-refractivity contribution is 8.13.